The van der Waals surface area contributed by atoms with Gasteiger partial charge in [0.05, 0.1) is 11.1 Å². The van der Waals surface area contributed by atoms with Crippen molar-refractivity contribution in [2.45, 2.75) is 32.1 Å². The molecule has 0 aliphatic rings. The lowest BCUT2D eigenvalue weighted by molar-refractivity contribution is 0.407. The van der Waals surface area contributed by atoms with Gasteiger partial charge in [0.2, 0.25) is 5.76 Å². The van der Waals surface area contributed by atoms with Crippen LogP contribution in [0.5, 0.6) is 0 Å². The fraction of sp³-hybridized carbons (Fsp3) is 0.500. The van der Waals surface area contributed by atoms with Gasteiger partial charge in [-0.2, -0.15) is 4.98 Å². The van der Waals surface area contributed by atoms with Gasteiger partial charge in [0, 0.05) is 0 Å². The number of alkyl halides is 1. The van der Waals surface area contributed by atoms with E-state index >= 15 is 0 Å². The third-order valence-electron chi connectivity index (χ3n) is 2.20. The molecular weight excluding hydrogens is 230 g/mol. The number of hydrogen-bond acceptors (Lipinski definition) is 5. The van der Waals surface area contributed by atoms with Gasteiger partial charge in [0.1, 0.15) is 0 Å². The standard InChI is InChI=1S/C10H12ClN3O2/c1-3-4-7(11)9-13-10(16-14-9)8-6(2)12-5-15-8/h5,7H,3-4H2,1-2H3. The van der Waals surface area contributed by atoms with Crippen molar-refractivity contribution in [2.75, 3.05) is 0 Å². The Morgan fingerprint density at radius 2 is 2.31 bits per heavy atom. The van der Waals surface area contributed by atoms with Gasteiger partial charge in [-0.3, -0.25) is 0 Å². The third kappa shape index (κ3) is 2.09. The summed E-state index contributed by atoms with van der Waals surface area (Å²) in [5.41, 5.74) is 0.719. The van der Waals surface area contributed by atoms with E-state index in [0.717, 1.165) is 18.5 Å². The lowest BCUT2D eigenvalue weighted by Gasteiger charge is -1.99. The maximum Gasteiger partial charge on any atom is 0.295 e. The maximum atomic E-state index is 6.09. The van der Waals surface area contributed by atoms with Crippen molar-refractivity contribution in [1.82, 2.24) is 15.1 Å². The first-order valence-electron chi connectivity index (χ1n) is 5.10. The van der Waals surface area contributed by atoms with Gasteiger partial charge >= 0.3 is 0 Å². The Kier molecular flexibility index (Phi) is 3.24. The van der Waals surface area contributed by atoms with Crippen LogP contribution in [0.3, 0.4) is 0 Å². The first-order valence-corrected chi connectivity index (χ1v) is 5.54. The van der Waals surface area contributed by atoms with Crippen molar-refractivity contribution in [2.24, 2.45) is 0 Å². The average molecular weight is 242 g/mol. The van der Waals surface area contributed by atoms with E-state index in [1.807, 2.05) is 6.92 Å². The van der Waals surface area contributed by atoms with Crippen molar-refractivity contribution in [1.29, 1.82) is 0 Å². The normalized spacial score (nSPS) is 12.9. The summed E-state index contributed by atoms with van der Waals surface area (Å²) < 4.78 is 10.2. The Morgan fingerprint density at radius 3 is 2.94 bits per heavy atom. The van der Waals surface area contributed by atoms with Crippen LogP contribution >= 0.6 is 11.6 Å². The van der Waals surface area contributed by atoms with Gasteiger partial charge in [-0.05, 0) is 13.3 Å². The first kappa shape index (κ1) is 11.1. The molecule has 0 fully saturated rings. The molecule has 2 heterocycles. The van der Waals surface area contributed by atoms with Crippen LogP contribution in [0.1, 0.15) is 36.7 Å². The summed E-state index contributed by atoms with van der Waals surface area (Å²) in [6, 6.07) is 0. The zero-order chi connectivity index (χ0) is 11.5. The molecule has 6 heteroatoms. The molecule has 0 amide bonds. The van der Waals surface area contributed by atoms with E-state index in [9.17, 15) is 0 Å². The molecule has 2 aromatic rings. The molecule has 2 aromatic heterocycles. The van der Waals surface area contributed by atoms with Crippen LogP contribution in [-0.4, -0.2) is 15.1 Å². The van der Waals surface area contributed by atoms with Crippen LogP contribution in [0.25, 0.3) is 11.7 Å². The number of aromatic nitrogens is 3. The highest BCUT2D eigenvalue weighted by Gasteiger charge is 2.19. The zero-order valence-electron chi connectivity index (χ0n) is 9.11. The van der Waals surface area contributed by atoms with Crippen LogP contribution in [0.4, 0.5) is 0 Å². The van der Waals surface area contributed by atoms with Crippen molar-refractivity contribution in [3.8, 4) is 11.7 Å². The molecule has 1 atom stereocenters. The van der Waals surface area contributed by atoms with Crippen LogP contribution in [0, 0.1) is 6.92 Å². The Labute approximate surface area is 97.8 Å². The second kappa shape index (κ2) is 4.65. The summed E-state index contributed by atoms with van der Waals surface area (Å²) in [4.78, 5) is 8.14. The maximum absolute atomic E-state index is 6.09. The second-order valence-corrected chi connectivity index (χ2v) is 4.01. The molecule has 1 unspecified atom stereocenters. The summed E-state index contributed by atoms with van der Waals surface area (Å²) in [7, 11) is 0. The minimum absolute atomic E-state index is 0.217. The minimum Gasteiger partial charge on any atom is -0.438 e. The van der Waals surface area contributed by atoms with Gasteiger partial charge in [0.25, 0.3) is 5.89 Å². The smallest absolute Gasteiger partial charge is 0.295 e. The highest BCUT2D eigenvalue weighted by Crippen LogP contribution is 2.26. The van der Waals surface area contributed by atoms with Crippen LogP contribution in [0.15, 0.2) is 15.3 Å². The number of oxazole rings is 1. The molecule has 0 saturated heterocycles. The monoisotopic (exact) mass is 241 g/mol. The predicted molar refractivity (Wildman–Crippen MR) is 58.0 cm³/mol. The molecule has 0 saturated carbocycles. The molecule has 0 N–H and O–H groups in total. The van der Waals surface area contributed by atoms with Gasteiger partial charge in [-0.25, -0.2) is 4.98 Å². The molecule has 5 nitrogen and oxygen atoms in total. The van der Waals surface area contributed by atoms with Gasteiger partial charge in [-0.15, -0.1) is 11.6 Å². The second-order valence-electron chi connectivity index (χ2n) is 3.48. The highest BCUT2D eigenvalue weighted by molar-refractivity contribution is 6.20. The van der Waals surface area contributed by atoms with Crippen molar-refractivity contribution >= 4 is 11.6 Å². The van der Waals surface area contributed by atoms with E-state index in [2.05, 4.69) is 22.0 Å². The van der Waals surface area contributed by atoms with Crippen LogP contribution in [0.2, 0.25) is 0 Å². The topological polar surface area (TPSA) is 65.0 Å². The molecule has 0 aromatic carbocycles. The van der Waals surface area contributed by atoms with E-state index in [-0.39, 0.29) is 5.38 Å². The lowest BCUT2D eigenvalue weighted by atomic mass is 10.2. The molecule has 0 aliphatic carbocycles. The van der Waals surface area contributed by atoms with Gasteiger partial charge < -0.3 is 8.94 Å². The average Bonchev–Trinajstić information content (AvgIpc) is 2.86. The van der Waals surface area contributed by atoms with Gasteiger partial charge in [0.15, 0.2) is 12.2 Å². The molecular formula is C10H12ClN3O2. The fourth-order valence-electron chi connectivity index (χ4n) is 1.34. The Morgan fingerprint density at radius 1 is 1.50 bits per heavy atom. The quantitative estimate of drug-likeness (QED) is 0.770. The Balaban J connectivity index is 2.23. The Bertz CT molecular complexity index is 466. The van der Waals surface area contributed by atoms with Crippen molar-refractivity contribution in [3.05, 3.63) is 17.9 Å². The lowest BCUT2D eigenvalue weighted by Crippen LogP contribution is -1.92. The summed E-state index contributed by atoms with van der Waals surface area (Å²) >= 11 is 6.09. The SMILES string of the molecule is CCCC(Cl)c1noc(-c2ocnc2C)n1. The summed E-state index contributed by atoms with van der Waals surface area (Å²) in [6.45, 7) is 3.86. The molecule has 86 valence electrons. The van der Waals surface area contributed by atoms with Gasteiger partial charge in [-0.1, -0.05) is 18.5 Å². The molecule has 0 aliphatic heterocycles. The van der Waals surface area contributed by atoms with Crippen molar-refractivity contribution in [3.63, 3.8) is 0 Å². The van der Waals surface area contributed by atoms with E-state index in [4.69, 9.17) is 20.5 Å². The van der Waals surface area contributed by atoms with Crippen LogP contribution < -0.4 is 0 Å². The van der Waals surface area contributed by atoms with E-state index in [1.54, 1.807) is 0 Å². The Hall–Kier alpha value is -1.36. The number of nitrogens with zero attached hydrogens (tertiary/aromatic N) is 3. The minimum atomic E-state index is -0.217. The number of halogens is 1. The number of rotatable bonds is 4. The zero-order valence-corrected chi connectivity index (χ0v) is 9.86. The van der Waals surface area contributed by atoms with E-state index in [0.29, 0.717) is 17.5 Å². The third-order valence-corrected chi connectivity index (χ3v) is 2.62. The van der Waals surface area contributed by atoms with Crippen molar-refractivity contribution < 1.29 is 8.94 Å². The molecule has 0 bridgehead atoms. The number of hydrogen-bond donors (Lipinski definition) is 0. The largest absolute Gasteiger partial charge is 0.438 e. The van der Waals surface area contributed by atoms with E-state index in [1.165, 1.54) is 6.39 Å². The first-order chi connectivity index (χ1) is 7.72. The molecule has 0 radical (unpaired) electrons. The van der Waals surface area contributed by atoms with E-state index < -0.39 is 0 Å². The van der Waals surface area contributed by atoms with Crippen LogP contribution in [-0.2, 0) is 0 Å². The highest BCUT2D eigenvalue weighted by atomic mass is 35.5. The molecule has 16 heavy (non-hydrogen) atoms. The fourth-order valence-corrected chi connectivity index (χ4v) is 1.65. The summed E-state index contributed by atoms with van der Waals surface area (Å²) in [5, 5.41) is 3.61. The summed E-state index contributed by atoms with van der Waals surface area (Å²) in [5.74, 6) is 1.32. The predicted octanol–water partition coefficient (Wildman–Crippen LogP) is 3.11. The summed E-state index contributed by atoms with van der Waals surface area (Å²) in [6.07, 6.45) is 3.13. The molecule has 2 rings (SSSR count). The molecule has 0 spiro atoms. The number of aryl methyl sites for hydroxylation is 1.